The second-order valence-electron chi connectivity index (χ2n) is 8.20. The molecule has 30 heavy (non-hydrogen) atoms. The highest BCUT2D eigenvalue weighted by molar-refractivity contribution is 5.99. The van der Waals surface area contributed by atoms with Crippen molar-refractivity contribution in [1.82, 2.24) is 0 Å². The van der Waals surface area contributed by atoms with Gasteiger partial charge >= 0.3 is 5.97 Å². The number of carbonyl (C=O) groups is 3. The third-order valence-corrected chi connectivity index (χ3v) is 5.98. The van der Waals surface area contributed by atoms with E-state index in [2.05, 4.69) is 12.2 Å². The molecule has 0 heterocycles. The smallest absolute Gasteiger partial charge is 0.310 e. The van der Waals surface area contributed by atoms with E-state index in [-0.39, 0.29) is 18.1 Å². The summed E-state index contributed by atoms with van der Waals surface area (Å²) in [6.45, 7) is 2.06. The number of carbonyl (C=O) groups excluding carboxylic acids is 2. The average molecular weight is 408 g/mol. The molecule has 2 aromatic carbocycles. The molecule has 2 N–H and O–H groups in total. The van der Waals surface area contributed by atoms with E-state index < -0.39 is 11.4 Å². The third-order valence-electron chi connectivity index (χ3n) is 5.98. The normalized spacial score (nSPS) is 15.0. The Morgan fingerprint density at radius 1 is 0.933 bits per heavy atom. The summed E-state index contributed by atoms with van der Waals surface area (Å²) in [5.74, 6) is -0.948. The van der Waals surface area contributed by atoms with Gasteiger partial charge in [-0.3, -0.25) is 14.4 Å². The molecular weight excluding hydrogens is 378 g/mol. The van der Waals surface area contributed by atoms with Crippen molar-refractivity contribution in [3.05, 3.63) is 54.1 Å². The fourth-order valence-corrected chi connectivity index (χ4v) is 4.08. The summed E-state index contributed by atoms with van der Waals surface area (Å²) < 4.78 is 0. The number of rotatable bonds is 9. The maximum absolute atomic E-state index is 12.7. The molecule has 1 aliphatic rings. The van der Waals surface area contributed by atoms with E-state index in [1.807, 2.05) is 36.4 Å². The Balaban J connectivity index is 1.64. The van der Waals surface area contributed by atoms with Gasteiger partial charge in [0.25, 0.3) is 0 Å². The predicted molar refractivity (Wildman–Crippen MR) is 118 cm³/mol. The first-order valence-electron chi connectivity index (χ1n) is 10.7. The topological polar surface area (TPSA) is 83.5 Å². The van der Waals surface area contributed by atoms with Crippen LogP contribution < -0.4 is 5.32 Å². The molecule has 1 aliphatic carbocycles. The van der Waals surface area contributed by atoms with Crippen molar-refractivity contribution in [2.45, 2.75) is 58.3 Å². The lowest BCUT2D eigenvalue weighted by atomic mass is 9.80. The first kappa shape index (κ1) is 21.8. The van der Waals surface area contributed by atoms with Gasteiger partial charge in [-0.25, -0.2) is 0 Å². The highest BCUT2D eigenvalue weighted by atomic mass is 16.4. The second-order valence-corrected chi connectivity index (χ2v) is 8.20. The van der Waals surface area contributed by atoms with Crippen LogP contribution in [0.4, 0.5) is 5.69 Å². The monoisotopic (exact) mass is 407 g/mol. The molecule has 3 rings (SSSR count). The zero-order valence-corrected chi connectivity index (χ0v) is 17.4. The highest BCUT2D eigenvalue weighted by Gasteiger charge is 2.42. The lowest BCUT2D eigenvalue weighted by Gasteiger charge is -2.22. The zero-order chi connectivity index (χ0) is 21.6. The first-order valence-corrected chi connectivity index (χ1v) is 10.7. The van der Waals surface area contributed by atoms with Crippen molar-refractivity contribution in [2.75, 3.05) is 5.32 Å². The van der Waals surface area contributed by atoms with Gasteiger partial charge in [0.1, 0.15) is 0 Å². The van der Waals surface area contributed by atoms with E-state index in [9.17, 15) is 19.5 Å². The van der Waals surface area contributed by atoms with Gasteiger partial charge in [0, 0.05) is 24.1 Å². The Hall–Kier alpha value is -2.95. The zero-order valence-electron chi connectivity index (χ0n) is 17.4. The summed E-state index contributed by atoms with van der Waals surface area (Å²) in [6, 6.07) is 14.9. The molecular formula is C25H29NO4. The number of hydrogen-bond donors (Lipinski definition) is 2. The molecule has 0 aliphatic heterocycles. The van der Waals surface area contributed by atoms with Crippen LogP contribution in [-0.2, 0) is 9.59 Å². The predicted octanol–water partition coefficient (Wildman–Crippen LogP) is 5.70. The molecule has 2 aromatic rings. The van der Waals surface area contributed by atoms with Crippen molar-refractivity contribution in [3.8, 4) is 11.1 Å². The third kappa shape index (κ3) is 5.15. The van der Waals surface area contributed by atoms with Crippen LogP contribution in [0.3, 0.4) is 0 Å². The minimum absolute atomic E-state index is 0.0221. The molecule has 0 radical (unpaired) electrons. The van der Waals surface area contributed by atoms with E-state index in [1.54, 1.807) is 12.1 Å². The van der Waals surface area contributed by atoms with Crippen molar-refractivity contribution in [1.29, 1.82) is 0 Å². The van der Waals surface area contributed by atoms with Crippen LogP contribution in [0.25, 0.3) is 11.1 Å². The van der Waals surface area contributed by atoms with Gasteiger partial charge < -0.3 is 10.4 Å². The Labute approximate surface area is 177 Å². The van der Waals surface area contributed by atoms with Crippen LogP contribution in [0.5, 0.6) is 0 Å². The number of nitrogens with one attached hydrogen (secondary N) is 1. The fraction of sp³-hybridized carbons (Fsp3) is 0.400. The SMILES string of the molecule is CCCCC(=O)Nc1ccc(-c2ccc(C(=O)CC3(C(=O)O)CCCC3)cc2)cc1. The van der Waals surface area contributed by atoms with E-state index in [0.29, 0.717) is 24.8 Å². The van der Waals surface area contributed by atoms with Crippen LogP contribution in [0.1, 0.15) is 68.6 Å². The lowest BCUT2D eigenvalue weighted by Crippen LogP contribution is -2.30. The Morgan fingerprint density at radius 3 is 2.03 bits per heavy atom. The molecule has 0 spiro atoms. The molecule has 0 unspecified atom stereocenters. The lowest BCUT2D eigenvalue weighted by molar-refractivity contribution is -0.148. The number of aliphatic carboxylic acids is 1. The number of anilines is 1. The molecule has 0 aromatic heterocycles. The highest BCUT2D eigenvalue weighted by Crippen LogP contribution is 2.42. The molecule has 5 heteroatoms. The van der Waals surface area contributed by atoms with Gasteiger partial charge in [-0.2, -0.15) is 0 Å². The van der Waals surface area contributed by atoms with Crippen molar-refractivity contribution < 1.29 is 19.5 Å². The van der Waals surface area contributed by atoms with Gasteiger partial charge in [0.15, 0.2) is 5.78 Å². The van der Waals surface area contributed by atoms with Gasteiger partial charge in [-0.05, 0) is 42.5 Å². The molecule has 5 nitrogen and oxygen atoms in total. The minimum Gasteiger partial charge on any atom is -0.481 e. The number of unbranched alkanes of at least 4 members (excludes halogenated alkanes) is 1. The maximum Gasteiger partial charge on any atom is 0.310 e. The Bertz CT molecular complexity index is 894. The summed E-state index contributed by atoms with van der Waals surface area (Å²) >= 11 is 0. The first-order chi connectivity index (χ1) is 14.4. The van der Waals surface area contributed by atoms with Crippen LogP contribution in [0.15, 0.2) is 48.5 Å². The van der Waals surface area contributed by atoms with Gasteiger partial charge in [-0.15, -0.1) is 0 Å². The Kier molecular flexibility index (Phi) is 7.03. The molecule has 0 atom stereocenters. The number of Topliss-reactive ketones (excluding diaryl/α,β-unsaturated/α-hetero) is 1. The molecule has 0 bridgehead atoms. The summed E-state index contributed by atoms with van der Waals surface area (Å²) in [6.07, 6.45) is 5.35. The number of amides is 1. The van der Waals surface area contributed by atoms with E-state index in [0.717, 1.165) is 42.5 Å². The van der Waals surface area contributed by atoms with Gasteiger partial charge in [-0.1, -0.05) is 62.6 Å². The summed E-state index contributed by atoms with van der Waals surface area (Å²) in [7, 11) is 0. The van der Waals surface area contributed by atoms with Crippen molar-refractivity contribution in [2.24, 2.45) is 5.41 Å². The quantitative estimate of drug-likeness (QED) is 0.522. The van der Waals surface area contributed by atoms with Crippen LogP contribution >= 0.6 is 0 Å². The number of ketones is 1. The summed E-state index contributed by atoms with van der Waals surface area (Å²) in [4.78, 5) is 36.2. The Morgan fingerprint density at radius 2 is 1.50 bits per heavy atom. The minimum atomic E-state index is -0.896. The second kappa shape index (κ2) is 9.70. The average Bonchev–Trinajstić information content (AvgIpc) is 3.23. The number of carboxylic acids is 1. The molecule has 1 saturated carbocycles. The van der Waals surface area contributed by atoms with Gasteiger partial charge in [0.2, 0.25) is 5.91 Å². The van der Waals surface area contributed by atoms with Crippen molar-refractivity contribution in [3.63, 3.8) is 0 Å². The maximum atomic E-state index is 12.7. The van der Waals surface area contributed by atoms with Crippen molar-refractivity contribution >= 4 is 23.3 Å². The molecule has 0 saturated heterocycles. The fourth-order valence-electron chi connectivity index (χ4n) is 4.08. The summed E-state index contributed by atoms with van der Waals surface area (Å²) in [5.41, 5.74) is 2.36. The molecule has 1 fully saturated rings. The molecule has 158 valence electrons. The van der Waals surface area contributed by atoms with Gasteiger partial charge in [0.05, 0.1) is 5.41 Å². The largest absolute Gasteiger partial charge is 0.481 e. The van der Waals surface area contributed by atoms with E-state index in [4.69, 9.17) is 0 Å². The van der Waals surface area contributed by atoms with Crippen LogP contribution in [0, 0.1) is 5.41 Å². The van der Waals surface area contributed by atoms with Crippen LogP contribution in [0.2, 0.25) is 0 Å². The van der Waals surface area contributed by atoms with Crippen LogP contribution in [-0.4, -0.2) is 22.8 Å². The summed E-state index contributed by atoms with van der Waals surface area (Å²) in [5, 5.41) is 12.5. The van der Waals surface area contributed by atoms with E-state index in [1.165, 1.54) is 0 Å². The molecule has 1 amide bonds. The number of benzene rings is 2. The standard InChI is InChI=1S/C25H29NO4/c1-2-3-6-23(28)26-21-13-11-19(12-14-21)18-7-9-20(10-8-18)22(27)17-25(24(29)30)15-4-5-16-25/h7-14H,2-6,15-17H2,1H3,(H,26,28)(H,29,30). The van der Waals surface area contributed by atoms with E-state index >= 15 is 0 Å². The number of carboxylic acid groups (broad SMARTS) is 1. The number of hydrogen-bond acceptors (Lipinski definition) is 3.